The third kappa shape index (κ3) is 4.86. The van der Waals surface area contributed by atoms with Crippen LogP contribution in [0.15, 0.2) is 36.4 Å². The van der Waals surface area contributed by atoms with Gasteiger partial charge in [-0.3, -0.25) is 9.10 Å². The Kier molecular flexibility index (Phi) is 6.27. The summed E-state index contributed by atoms with van der Waals surface area (Å²) in [5, 5.41) is 2.86. The van der Waals surface area contributed by atoms with Gasteiger partial charge >= 0.3 is 0 Å². The Balaban J connectivity index is 2.38. The van der Waals surface area contributed by atoms with E-state index in [0.717, 1.165) is 18.4 Å². The van der Waals surface area contributed by atoms with Crippen molar-refractivity contribution in [1.29, 1.82) is 0 Å². The number of amides is 1. The normalized spacial score (nSPS) is 12.4. The maximum Gasteiger partial charge on any atom is 0.248 e. The minimum absolute atomic E-state index is 0.183. The quantitative estimate of drug-likeness (QED) is 0.779. The highest BCUT2D eigenvalue weighted by molar-refractivity contribution is 7.92. The van der Waals surface area contributed by atoms with Gasteiger partial charge in [-0.15, -0.1) is 0 Å². The van der Waals surface area contributed by atoms with E-state index in [0.29, 0.717) is 21.1 Å². The molecule has 0 aliphatic carbocycles. The molecule has 6 nitrogen and oxygen atoms in total. The molecule has 27 heavy (non-hydrogen) atoms. The van der Waals surface area contributed by atoms with Gasteiger partial charge in [0.15, 0.2) is 11.6 Å². The van der Waals surface area contributed by atoms with Crippen molar-refractivity contribution in [2.75, 3.05) is 23.0 Å². The predicted octanol–water partition coefficient (Wildman–Crippen LogP) is 3.42. The topological polar surface area (TPSA) is 75.7 Å². The molecular weight excluding hydrogens is 402 g/mol. The van der Waals surface area contributed by atoms with Crippen LogP contribution in [0.2, 0.25) is 5.02 Å². The fourth-order valence-electron chi connectivity index (χ4n) is 2.45. The lowest BCUT2D eigenvalue weighted by Gasteiger charge is -2.28. The molecule has 2 aromatic carbocycles. The Morgan fingerprint density at radius 2 is 1.85 bits per heavy atom. The van der Waals surface area contributed by atoms with Crippen LogP contribution in [0.25, 0.3) is 0 Å². The van der Waals surface area contributed by atoms with E-state index in [4.69, 9.17) is 16.3 Å². The zero-order valence-electron chi connectivity index (χ0n) is 14.7. The number of benzene rings is 2. The van der Waals surface area contributed by atoms with Crippen molar-refractivity contribution in [2.24, 2.45) is 0 Å². The van der Waals surface area contributed by atoms with Crippen molar-refractivity contribution in [3.63, 3.8) is 0 Å². The smallest absolute Gasteiger partial charge is 0.248 e. The molecule has 0 aromatic heterocycles. The first-order chi connectivity index (χ1) is 12.5. The van der Waals surface area contributed by atoms with Crippen molar-refractivity contribution < 1.29 is 26.7 Å². The fourth-order valence-corrected chi connectivity index (χ4v) is 3.78. The Morgan fingerprint density at radius 1 is 1.19 bits per heavy atom. The predicted molar refractivity (Wildman–Crippen MR) is 99.8 cm³/mol. The molecule has 0 saturated carbocycles. The van der Waals surface area contributed by atoms with E-state index in [2.05, 4.69) is 5.32 Å². The van der Waals surface area contributed by atoms with Gasteiger partial charge in [-0.2, -0.15) is 0 Å². The molecule has 0 radical (unpaired) electrons. The lowest BCUT2D eigenvalue weighted by molar-refractivity contribution is -0.116. The number of nitrogens with one attached hydrogen (secondary N) is 1. The second-order valence-corrected chi connectivity index (χ2v) is 7.96. The van der Waals surface area contributed by atoms with Gasteiger partial charge in [0.1, 0.15) is 11.8 Å². The molecule has 10 heteroatoms. The van der Waals surface area contributed by atoms with Crippen LogP contribution in [0.3, 0.4) is 0 Å². The van der Waals surface area contributed by atoms with E-state index < -0.39 is 33.6 Å². The van der Waals surface area contributed by atoms with Crippen molar-refractivity contribution >= 4 is 38.9 Å². The van der Waals surface area contributed by atoms with Crippen LogP contribution in [0.5, 0.6) is 5.75 Å². The Morgan fingerprint density at radius 3 is 2.41 bits per heavy atom. The molecule has 146 valence electrons. The molecule has 2 aromatic rings. The van der Waals surface area contributed by atoms with E-state index in [-0.39, 0.29) is 11.4 Å². The van der Waals surface area contributed by atoms with Gasteiger partial charge < -0.3 is 10.1 Å². The van der Waals surface area contributed by atoms with Gasteiger partial charge in [0.25, 0.3) is 0 Å². The first kappa shape index (κ1) is 20.9. The fraction of sp³-hybridized carbons (Fsp3) is 0.235. The average Bonchev–Trinajstić information content (AvgIpc) is 2.57. The van der Waals surface area contributed by atoms with Crippen LogP contribution in [-0.2, 0) is 14.8 Å². The van der Waals surface area contributed by atoms with Gasteiger partial charge in [-0.05, 0) is 37.3 Å². The maximum atomic E-state index is 13.6. The summed E-state index contributed by atoms with van der Waals surface area (Å²) >= 11 is 5.91. The van der Waals surface area contributed by atoms with Crippen LogP contribution in [0.4, 0.5) is 20.2 Å². The monoisotopic (exact) mass is 418 g/mol. The number of carbonyl (C=O) groups excluding carboxylic acids is 1. The summed E-state index contributed by atoms with van der Waals surface area (Å²) in [6.07, 6.45) is 0.859. The zero-order chi connectivity index (χ0) is 20.4. The number of rotatable bonds is 6. The second kappa shape index (κ2) is 8.10. The Bertz CT molecular complexity index is 969. The molecule has 0 heterocycles. The minimum Gasteiger partial charge on any atom is -0.495 e. The highest BCUT2D eigenvalue weighted by atomic mass is 35.5. The molecule has 1 N–H and O–H groups in total. The van der Waals surface area contributed by atoms with Crippen molar-refractivity contribution in [3.8, 4) is 5.75 Å². The third-order valence-electron chi connectivity index (χ3n) is 3.67. The van der Waals surface area contributed by atoms with Crippen molar-refractivity contribution in [3.05, 3.63) is 53.1 Å². The largest absolute Gasteiger partial charge is 0.495 e. The number of methoxy groups -OCH3 is 1. The maximum absolute atomic E-state index is 13.6. The Hall–Kier alpha value is -2.39. The van der Waals surface area contributed by atoms with Crippen molar-refractivity contribution in [1.82, 2.24) is 0 Å². The number of hydrogen-bond donors (Lipinski definition) is 1. The molecule has 0 spiro atoms. The Labute approximate surface area is 160 Å². The van der Waals surface area contributed by atoms with Crippen LogP contribution in [0, 0.1) is 11.6 Å². The summed E-state index contributed by atoms with van der Waals surface area (Å²) in [6, 6.07) is 5.83. The van der Waals surface area contributed by atoms with Crippen LogP contribution >= 0.6 is 11.6 Å². The number of hydrogen-bond acceptors (Lipinski definition) is 4. The number of halogens is 3. The first-order valence-corrected chi connectivity index (χ1v) is 9.86. The van der Waals surface area contributed by atoms with Crippen molar-refractivity contribution in [2.45, 2.75) is 13.0 Å². The number of nitrogens with zero attached hydrogens (tertiary/aromatic N) is 1. The molecule has 0 aliphatic rings. The van der Waals surface area contributed by atoms with Gasteiger partial charge in [0.05, 0.1) is 24.7 Å². The molecule has 0 fully saturated rings. The summed E-state index contributed by atoms with van der Waals surface area (Å²) < 4.78 is 56.9. The van der Waals surface area contributed by atoms with Crippen LogP contribution in [-0.4, -0.2) is 33.7 Å². The zero-order valence-corrected chi connectivity index (χ0v) is 16.2. The lowest BCUT2D eigenvalue weighted by atomic mass is 10.2. The second-order valence-electron chi connectivity index (χ2n) is 5.67. The number of carbonyl (C=O) groups is 1. The number of anilines is 2. The van der Waals surface area contributed by atoms with Gasteiger partial charge in [0, 0.05) is 11.1 Å². The summed E-state index contributed by atoms with van der Waals surface area (Å²) in [6.45, 7) is 1.31. The highest BCUT2D eigenvalue weighted by Crippen LogP contribution is 2.29. The summed E-state index contributed by atoms with van der Waals surface area (Å²) in [5.74, 6) is -2.76. The number of ether oxygens (including phenoxy) is 1. The molecular formula is C17H17ClF2N2O4S. The average molecular weight is 419 g/mol. The van der Waals surface area contributed by atoms with E-state index in [1.54, 1.807) is 6.07 Å². The van der Waals surface area contributed by atoms with Crippen LogP contribution in [0.1, 0.15) is 6.92 Å². The molecule has 1 unspecified atom stereocenters. The molecule has 0 saturated heterocycles. The SMILES string of the molecule is COc1ccc(Cl)cc1NC(=O)C(C)N(c1ccc(F)c(F)c1)S(C)(=O)=O. The van der Waals surface area contributed by atoms with Crippen LogP contribution < -0.4 is 14.4 Å². The number of sulfonamides is 1. The minimum atomic E-state index is -3.98. The van der Waals surface area contributed by atoms with E-state index in [1.165, 1.54) is 26.2 Å². The summed E-state index contributed by atoms with van der Waals surface area (Å²) in [7, 11) is -2.59. The summed E-state index contributed by atoms with van der Waals surface area (Å²) in [4.78, 5) is 12.6. The van der Waals surface area contributed by atoms with E-state index in [1.807, 2.05) is 0 Å². The third-order valence-corrected chi connectivity index (χ3v) is 5.14. The highest BCUT2D eigenvalue weighted by Gasteiger charge is 2.30. The van der Waals surface area contributed by atoms with Gasteiger partial charge in [-0.25, -0.2) is 17.2 Å². The van der Waals surface area contributed by atoms with Gasteiger partial charge in [0.2, 0.25) is 15.9 Å². The summed E-state index contributed by atoms with van der Waals surface area (Å²) in [5.41, 5.74) is 0.0534. The lowest BCUT2D eigenvalue weighted by Crippen LogP contribution is -2.45. The molecule has 2 rings (SSSR count). The standard InChI is InChI=1S/C17H17ClF2N2O4S/c1-10(17(23)21-15-8-11(18)4-7-16(15)26-2)22(27(3,24)25)12-5-6-13(19)14(20)9-12/h4-10H,1-3H3,(H,21,23). The molecule has 0 bridgehead atoms. The van der Waals surface area contributed by atoms with Gasteiger partial charge in [-0.1, -0.05) is 11.6 Å². The first-order valence-electron chi connectivity index (χ1n) is 7.63. The molecule has 1 amide bonds. The molecule has 0 aliphatic heterocycles. The molecule has 1 atom stereocenters. The van der Waals surface area contributed by atoms with E-state index >= 15 is 0 Å². The van der Waals surface area contributed by atoms with E-state index in [9.17, 15) is 22.0 Å².